The van der Waals surface area contributed by atoms with E-state index in [1.54, 1.807) is 7.11 Å². The second-order valence-electron chi connectivity index (χ2n) is 7.43. The Morgan fingerprint density at radius 2 is 1.97 bits per heavy atom. The zero-order chi connectivity index (χ0) is 23.3. The van der Waals surface area contributed by atoms with Crippen molar-refractivity contribution >= 4 is 51.3 Å². The van der Waals surface area contributed by atoms with E-state index in [1.165, 1.54) is 30.0 Å². The van der Waals surface area contributed by atoms with Crippen molar-refractivity contribution in [2.75, 3.05) is 30.1 Å². The van der Waals surface area contributed by atoms with Crippen molar-refractivity contribution in [2.45, 2.75) is 38.1 Å². The van der Waals surface area contributed by atoms with Gasteiger partial charge in [-0.3, -0.25) is 9.59 Å². The van der Waals surface area contributed by atoms with Gasteiger partial charge in [-0.2, -0.15) is 0 Å². The number of methoxy groups -OCH3 is 1. The van der Waals surface area contributed by atoms with E-state index in [2.05, 4.69) is 32.3 Å². The lowest BCUT2D eigenvalue weighted by atomic mass is 10.2. The first-order chi connectivity index (χ1) is 15.3. The topological polar surface area (TPSA) is 98.1 Å². The monoisotopic (exact) mass is 473 g/mol. The highest BCUT2D eigenvalue weighted by atomic mass is 32.2. The van der Waals surface area contributed by atoms with E-state index in [4.69, 9.17) is 4.74 Å². The molecule has 3 rings (SSSR count). The van der Waals surface area contributed by atoms with Crippen molar-refractivity contribution in [1.82, 2.24) is 14.8 Å². The van der Waals surface area contributed by atoms with Gasteiger partial charge < -0.3 is 19.9 Å². The van der Waals surface area contributed by atoms with Crippen LogP contribution in [0.15, 0.2) is 34.7 Å². The van der Waals surface area contributed by atoms with Crippen molar-refractivity contribution in [2.24, 2.45) is 0 Å². The molecule has 1 atom stereocenters. The third-order valence-corrected chi connectivity index (χ3v) is 6.77. The van der Waals surface area contributed by atoms with Gasteiger partial charge in [0, 0.05) is 42.4 Å². The molecule has 0 spiro atoms. The smallest absolute Gasteiger partial charge is 0.221 e. The molecule has 2 heterocycles. The lowest BCUT2D eigenvalue weighted by Crippen LogP contribution is -2.14. The molecule has 0 radical (unpaired) electrons. The summed E-state index contributed by atoms with van der Waals surface area (Å²) in [5.41, 5.74) is 4.22. The molecule has 1 amide bonds. The Bertz CT molecular complexity index is 1110. The van der Waals surface area contributed by atoms with Crippen LogP contribution in [0.2, 0.25) is 0 Å². The van der Waals surface area contributed by atoms with Crippen molar-refractivity contribution in [1.29, 1.82) is 0 Å². The number of nitrogens with one attached hydrogen (secondary N) is 2. The van der Waals surface area contributed by atoms with Gasteiger partial charge in [0.2, 0.25) is 11.0 Å². The maximum Gasteiger partial charge on any atom is 0.221 e. The maximum atomic E-state index is 12.8. The fourth-order valence-electron chi connectivity index (χ4n) is 3.58. The van der Waals surface area contributed by atoms with Crippen LogP contribution in [0.1, 0.15) is 41.6 Å². The number of hydrogen-bond acceptors (Lipinski definition) is 8. The van der Waals surface area contributed by atoms with E-state index < -0.39 is 0 Å². The Labute approximate surface area is 195 Å². The average Bonchev–Trinajstić information content (AvgIpc) is 3.29. The summed E-state index contributed by atoms with van der Waals surface area (Å²) in [7, 11) is 1.68. The molecule has 0 saturated carbocycles. The maximum absolute atomic E-state index is 12.8. The van der Waals surface area contributed by atoms with Crippen LogP contribution in [0.5, 0.6) is 0 Å². The van der Waals surface area contributed by atoms with Crippen LogP contribution in [0.25, 0.3) is 0 Å². The molecular weight excluding hydrogens is 446 g/mol. The van der Waals surface area contributed by atoms with Gasteiger partial charge in [-0.25, -0.2) is 0 Å². The number of hydrogen-bond donors (Lipinski definition) is 2. The predicted molar refractivity (Wildman–Crippen MR) is 129 cm³/mol. The molecule has 10 heteroatoms. The molecule has 2 aromatic heterocycles. The van der Waals surface area contributed by atoms with Crippen LogP contribution < -0.4 is 10.6 Å². The Morgan fingerprint density at radius 1 is 1.22 bits per heavy atom. The van der Waals surface area contributed by atoms with Crippen LogP contribution in [-0.4, -0.2) is 45.9 Å². The number of Topliss-reactive ketones (excluding diaryl/α,β-unsaturated/α-hetero) is 1. The molecular formula is C22H27N5O3S2. The van der Waals surface area contributed by atoms with E-state index in [0.717, 1.165) is 22.6 Å². The molecule has 0 fully saturated rings. The number of benzene rings is 1. The van der Waals surface area contributed by atoms with Crippen molar-refractivity contribution < 1.29 is 14.3 Å². The molecule has 0 bridgehead atoms. The zero-order valence-corrected chi connectivity index (χ0v) is 20.4. The molecule has 1 aromatic carbocycles. The summed E-state index contributed by atoms with van der Waals surface area (Å²) in [6.45, 7) is 8.11. The minimum atomic E-state index is -0.129. The first kappa shape index (κ1) is 24.0. The van der Waals surface area contributed by atoms with Crippen molar-refractivity contribution in [3.63, 3.8) is 0 Å². The Balaban J connectivity index is 1.61. The fourth-order valence-corrected chi connectivity index (χ4v) is 5.23. The number of anilines is 3. The Kier molecular flexibility index (Phi) is 8.05. The van der Waals surface area contributed by atoms with Crippen molar-refractivity contribution in [3.05, 3.63) is 47.3 Å². The number of nitrogens with zero attached hydrogens (tertiary/aromatic N) is 3. The molecule has 170 valence electrons. The van der Waals surface area contributed by atoms with Gasteiger partial charge in [-0.05, 0) is 45.0 Å². The van der Waals surface area contributed by atoms with Crippen LogP contribution in [-0.2, 0) is 9.53 Å². The first-order valence-corrected chi connectivity index (χ1v) is 11.9. The number of rotatable bonds is 10. The summed E-state index contributed by atoms with van der Waals surface area (Å²) in [5.74, 6) is 0.220. The number of thioether (sulfide) groups is 1. The standard InChI is InChI=1S/C22H27N5O3S2/c1-13-9-19(15(3)27(13)14(2)11-30-5)20(29)12-31-22-26-25-21(32-22)24-18-8-6-7-17(10-18)23-16(4)28/h6-10,14H,11-12H2,1-5H3,(H,23,28)(H,24,25). The quantitative estimate of drug-likeness (QED) is 0.321. The van der Waals surface area contributed by atoms with E-state index in [0.29, 0.717) is 21.8 Å². The highest BCUT2D eigenvalue weighted by molar-refractivity contribution is 8.01. The molecule has 0 aliphatic rings. The Hall–Kier alpha value is -2.69. The second kappa shape index (κ2) is 10.8. The molecule has 3 aromatic rings. The summed E-state index contributed by atoms with van der Waals surface area (Å²) in [6, 6.07) is 9.46. The molecule has 1 unspecified atom stereocenters. The largest absolute Gasteiger partial charge is 0.383 e. The minimum Gasteiger partial charge on any atom is -0.383 e. The van der Waals surface area contributed by atoms with Crippen LogP contribution in [0, 0.1) is 13.8 Å². The van der Waals surface area contributed by atoms with E-state index in [9.17, 15) is 9.59 Å². The number of aryl methyl sites for hydroxylation is 1. The summed E-state index contributed by atoms with van der Waals surface area (Å²) >= 11 is 2.75. The summed E-state index contributed by atoms with van der Waals surface area (Å²) in [5, 5.41) is 14.9. The normalized spacial score (nSPS) is 11.9. The minimum absolute atomic E-state index is 0.0617. The van der Waals surface area contributed by atoms with E-state index in [-0.39, 0.29) is 23.5 Å². The molecule has 32 heavy (non-hydrogen) atoms. The summed E-state index contributed by atoms with van der Waals surface area (Å²) in [6.07, 6.45) is 0. The van der Waals surface area contributed by atoms with Gasteiger partial charge in [-0.15, -0.1) is 10.2 Å². The van der Waals surface area contributed by atoms with Gasteiger partial charge in [0.25, 0.3) is 0 Å². The lowest BCUT2D eigenvalue weighted by molar-refractivity contribution is -0.114. The number of carbonyl (C=O) groups excluding carboxylic acids is 2. The van der Waals surface area contributed by atoms with E-state index in [1.807, 2.05) is 44.2 Å². The van der Waals surface area contributed by atoms with Gasteiger partial charge in [0.15, 0.2) is 10.1 Å². The fraction of sp³-hybridized carbons (Fsp3) is 0.364. The van der Waals surface area contributed by atoms with Gasteiger partial charge in [0.1, 0.15) is 0 Å². The first-order valence-electron chi connectivity index (χ1n) is 10.1. The molecule has 8 nitrogen and oxygen atoms in total. The van der Waals surface area contributed by atoms with Crippen molar-refractivity contribution in [3.8, 4) is 0 Å². The predicted octanol–water partition coefficient (Wildman–Crippen LogP) is 4.84. The number of amides is 1. The second-order valence-corrected chi connectivity index (χ2v) is 9.63. The molecule has 2 N–H and O–H groups in total. The van der Waals surface area contributed by atoms with Gasteiger partial charge in [0.05, 0.1) is 18.4 Å². The van der Waals surface area contributed by atoms with Crippen LogP contribution in [0.4, 0.5) is 16.5 Å². The highest BCUT2D eigenvalue weighted by Gasteiger charge is 2.19. The summed E-state index contributed by atoms with van der Waals surface area (Å²) < 4.78 is 8.11. The van der Waals surface area contributed by atoms with Gasteiger partial charge >= 0.3 is 0 Å². The summed E-state index contributed by atoms with van der Waals surface area (Å²) in [4.78, 5) is 24.1. The van der Waals surface area contributed by atoms with Crippen LogP contribution >= 0.6 is 23.1 Å². The molecule has 0 aliphatic carbocycles. The van der Waals surface area contributed by atoms with Gasteiger partial charge in [-0.1, -0.05) is 29.2 Å². The molecule has 0 aliphatic heterocycles. The number of ether oxygens (including phenoxy) is 1. The van der Waals surface area contributed by atoms with E-state index >= 15 is 0 Å². The third kappa shape index (κ3) is 5.96. The Morgan fingerprint density at radius 3 is 2.69 bits per heavy atom. The lowest BCUT2D eigenvalue weighted by Gasteiger charge is -2.17. The number of aromatic nitrogens is 3. The highest BCUT2D eigenvalue weighted by Crippen LogP contribution is 2.30. The van der Waals surface area contributed by atoms with Crippen LogP contribution in [0.3, 0.4) is 0 Å². The molecule has 0 saturated heterocycles. The SMILES string of the molecule is COCC(C)n1c(C)cc(C(=O)CSc2nnc(Nc3cccc(NC(C)=O)c3)s2)c1C. The number of ketones is 1. The average molecular weight is 474 g/mol. The zero-order valence-electron chi connectivity index (χ0n) is 18.8. The number of carbonyl (C=O) groups is 2. The third-order valence-electron chi connectivity index (χ3n) is 4.80.